The van der Waals surface area contributed by atoms with Gasteiger partial charge in [-0.15, -0.1) is 0 Å². The van der Waals surface area contributed by atoms with E-state index in [9.17, 15) is 18.0 Å². The molecule has 2 aliphatic rings. The van der Waals surface area contributed by atoms with Crippen molar-refractivity contribution in [1.82, 2.24) is 9.80 Å². The highest BCUT2D eigenvalue weighted by Gasteiger charge is 2.38. The van der Waals surface area contributed by atoms with Crippen molar-refractivity contribution in [3.63, 3.8) is 0 Å². The van der Waals surface area contributed by atoms with Crippen molar-refractivity contribution in [3.8, 4) is 0 Å². The summed E-state index contributed by atoms with van der Waals surface area (Å²) < 4.78 is 31.7. The van der Waals surface area contributed by atoms with Gasteiger partial charge in [-0.1, -0.05) is 0 Å². The molecule has 0 aliphatic carbocycles. The third kappa shape index (κ3) is 8.80. The van der Waals surface area contributed by atoms with E-state index in [1.54, 1.807) is 11.8 Å². The molecule has 0 bridgehead atoms. The van der Waals surface area contributed by atoms with Gasteiger partial charge in [0.25, 0.3) is 0 Å². The number of nitrogens with zero attached hydrogens (tertiary/aromatic N) is 2. The molecule has 5 nitrogen and oxygen atoms in total. The summed E-state index contributed by atoms with van der Waals surface area (Å²) in [5.41, 5.74) is 0. The van der Waals surface area contributed by atoms with Crippen LogP contribution in [-0.4, -0.2) is 77.7 Å². The monoisotopic (exact) mass is 384 g/mol. The molecule has 9 heteroatoms. The maximum absolute atomic E-state index is 12.0. The lowest BCUT2D eigenvalue weighted by molar-refractivity contribution is -0.192. The number of hydrogen-bond acceptors (Lipinski definition) is 4. The van der Waals surface area contributed by atoms with E-state index in [4.69, 9.17) is 9.90 Å². The molecule has 0 radical (unpaired) electrons. The van der Waals surface area contributed by atoms with Crippen molar-refractivity contribution in [1.29, 1.82) is 0 Å². The summed E-state index contributed by atoms with van der Waals surface area (Å²) in [5.74, 6) is -0.704. The van der Waals surface area contributed by atoms with Crippen molar-refractivity contribution in [3.05, 3.63) is 0 Å². The Morgan fingerprint density at radius 2 is 1.76 bits per heavy atom. The van der Waals surface area contributed by atoms with Crippen LogP contribution in [0.25, 0.3) is 0 Å². The standard InChI is InChI=1S/C14H26N2OS.C2HF3O2/c1-18-10-6-14(17)16-9-4-5-13(12-16)11-15-7-2-3-8-15;3-2(4,5)1(6)7/h13H,2-12H2,1H3;(H,6,7). The molecular formula is C16H27F3N2O3S. The van der Waals surface area contributed by atoms with E-state index in [0.717, 1.165) is 31.2 Å². The van der Waals surface area contributed by atoms with Gasteiger partial charge in [0.1, 0.15) is 0 Å². The molecule has 0 saturated carbocycles. The summed E-state index contributed by atoms with van der Waals surface area (Å²) in [7, 11) is 0. The molecule has 1 atom stereocenters. The van der Waals surface area contributed by atoms with Crippen LogP contribution in [0.3, 0.4) is 0 Å². The van der Waals surface area contributed by atoms with Crippen LogP contribution in [0.15, 0.2) is 0 Å². The summed E-state index contributed by atoms with van der Waals surface area (Å²) in [6.45, 7) is 5.76. The highest BCUT2D eigenvalue weighted by atomic mass is 32.2. The van der Waals surface area contributed by atoms with Crippen molar-refractivity contribution in [2.75, 3.05) is 44.7 Å². The number of thioether (sulfide) groups is 1. The van der Waals surface area contributed by atoms with Crippen molar-refractivity contribution >= 4 is 23.6 Å². The van der Waals surface area contributed by atoms with Crippen LogP contribution < -0.4 is 0 Å². The van der Waals surface area contributed by atoms with Crippen LogP contribution in [-0.2, 0) is 9.59 Å². The minimum Gasteiger partial charge on any atom is -0.475 e. The number of aliphatic carboxylic acids is 1. The zero-order valence-corrected chi connectivity index (χ0v) is 15.4. The van der Waals surface area contributed by atoms with Gasteiger partial charge in [0, 0.05) is 31.8 Å². The normalized spacial score (nSPS) is 21.6. The van der Waals surface area contributed by atoms with E-state index in [1.165, 1.54) is 45.3 Å². The van der Waals surface area contributed by atoms with E-state index in [2.05, 4.69) is 16.1 Å². The molecule has 0 aromatic rings. The number of likely N-dealkylation sites (tertiary alicyclic amines) is 2. The number of carboxylic acids is 1. The molecule has 0 aromatic carbocycles. The largest absolute Gasteiger partial charge is 0.490 e. The van der Waals surface area contributed by atoms with Gasteiger partial charge in [-0.05, 0) is 50.9 Å². The molecule has 2 heterocycles. The maximum atomic E-state index is 12.0. The predicted molar refractivity (Wildman–Crippen MR) is 91.7 cm³/mol. The van der Waals surface area contributed by atoms with Crippen LogP contribution >= 0.6 is 11.8 Å². The second kappa shape index (κ2) is 10.9. The molecule has 2 rings (SSSR count). The first-order chi connectivity index (χ1) is 11.7. The van der Waals surface area contributed by atoms with Gasteiger partial charge in [-0.3, -0.25) is 4.79 Å². The summed E-state index contributed by atoms with van der Waals surface area (Å²) in [5, 5.41) is 7.12. The van der Waals surface area contributed by atoms with Crippen molar-refractivity contribution in [2.45, 2.75) is 38.3 Å². The van der Waals surface area contributed by atoms with Gasteiger partial charge >= 0.3 is 12.1 Å². The molecule has 146 valence electrons. The first-order valence-corrected chi connectivity index (χ1v) is 9.92. The van der Waals surface area contributed by atoms with Crippen LogP contribution in [0, 0.1) is 5.92 Å². The Bertz CT molecular complexity index is 429. The van der Waals surface area contributed by atoms with Crippen LogP contribution in [0.1, 0.15) is 32.1 Å². The highest BCUT2D eigenvalue weighted by molar-refractivity contribution is 7.98. The third-order valence-corrected chi connectivity index (χ3v) is 4.96. The predicted octanol–water partition coefficient (Wildman–Crippen LogP) is 2.71. The quantitative estimate of drug-likeness (QED) is 0.790. The average Bonchev–Trinajstić information content (AvgIpc) is 3.05. The number of halogens is 3. The summed E-state index contributed by atoms with van der Waals surface area (Å²) in [6.07, 6.45) is 2.94. The van der Waals surface area contributed by atoms with Crippen LogP contribution in [0.2, 0.25) is 0 Å². The molecule has 0 aromatic heterocycles. The number of carbonyl (C=O) groups is 2. The molecule has 25 heavy (non-hydrogen) atoms. The molecule has 2 fully saturated rings. The van der Waals surface area contributed by atoms with E-state index in [1.807, 2.05) is 0 Å². The molecule has 2 saturated heterocycles. The first-order valence-electron chi connectivity index (χ1n) is 8.53. The Morgan fingerprint density at radius 3 is 2.28 bits per heavy atom. The van der Waals surface area contributed by atoms with E-state index >= 15 is 0 Å². The van der Waals surface area contributed by atoms with Crippen molar-refractivity contribution in [2.24, 2.45) is 5.92 Å². The summed E-state index contributed by atoms with van der Waals surface area (Å²) in [6, 6.07) is 0. The Morgan fingerprint density at radius 1 is 1.16 bits per heavy atom. The average molecular weight is 384 g/mol. The van der Waals surface area contributed by atoms with Crippen molar-refractivity contribution < 1.29 is 27.9 Å². The first kappa shape index (κ1) is 22.1. The Hall–Kier alpha value is -0.960. The van der Waals surface area contributed by atoms with Gasteiger partial charge in [0.2, 0.25) is 5.91 Å². The van der Waals surface area contributed by atoms with Gasteiger partial charge in [0.15, 0.2) is 0 Å². The minimum absolute atomic E-state index is 0.371. The van der Waals surface area contributed by atoms with E-state index in [-0.39, 0.29) is 0 Å². The number of piperidine rings is 1. The number of amides is 1. The molecule has 1 unspecified atom stereocenters. The highest BCUT2D eigenvalue weighted by Crippen LogP contribution is 2.20. The summed E-state index contributed by atoms with van der Waals surface area (Å²) in [4.78, 5) is 25.6. The zero-order chi connectivity index (χ0) is 18.9. The van der Waals surface area contributed by atoms with E-state index < -0.39 is 12.1 Å². The molecule has 0 spiro atoms. The smallest absolute Gasteiger partial charge is 0.475 e. The number of rotatable bonds is 5. The van der Waals surface area contributed by atoms with Gasteiger partial charge in [-0.2, -0.15) is 24.9 Å². The fraction of sp³-hybridized carbons (Fsp3) is 0.875. The molecule has 2 aliphatic heterocycles. The molecule has 1 amide bonds. The second-order valence-electron chi connectivity index (χ2n) is 6.40. The Balaban J connectivity index is 0.000000381. The van der Waals surface area contributed by atoms with Gasteiger partial charge in [-0.25, -0.2) is 4.79 Å². The number of carboxylic acid groups (broad SMARTS) is 1. The van der Waals surface area contributed by atoms with E-state index in [0.29, 0.717) is 5.91 Å². The Kier molecular flexibility index (Phi) is 9.63. The van der Waals surface area contributed by atoms with Gasteiger partial charge < -0.3 is 14.9 Å². The second-order valence-corrected chi connectivity index (χ2v) is 7.39. The van der Waals surface area contributed by atoms with Crippen LogP contribution in [0.5, 0.6) is 0 Å². The fourth-order valence-electron chi connectivity index (χ4n) is 3.12. The van der Waals surface area contributed by atoms with Gasteiger partial charge in [0.05, 0.1) is 0 Å². The molecular weight excluding hydrogens is 357 g/mol. The topological polar surface area (TPSA) is 60.9 Å². The third-order valence-electron chi connectivity index (χ3n) is 4.35. The number of alkyl halides is 3. The Labute approximate surface area is 150 Å². The maximum Gasteiger partial charge on any atom is 0.490 e. The lowest BCUT2D eigenvalue weighted by Gasteiger charge is -2.34. The zero-order valence-electron chi connectivity index (χ0n) is 14.6. The minimum atomic E-state index is -5.08. The SMILES string of the molecule is CSCCC(=O)N1CCCC(CN2CCCC2)C1.O=C(O)C(F)(F)F. The summed E-state index contributed by atoms with van der Waals surface area (Å²) >= 11 is 1.77. The lowest BCUT2D eigenvalue weighted by Crippen LogP contribution is -2.43. The molecule has 1 N–H and O–H groups in total. The lowest BCUT2D eigenvalue weighted by atomic mass is 9.97. The number of carbonyl (C=O) groups excluding carboxylic acids is 1. The van der Waals surface area contributed by atoms with Crippen LogP contribution in [0.4, 0.5) is 13.2 Å². The number of hydrogen-bond donors (Lipinski definition) is 1. The fourth-order valence-corrected chi connectivity index (χ4v) is 3.50.